The summed E-state index contributed by atoms with van der Waals surface area (Å²) in [4.78, 5) is 12.2. The predicted octanol–water partition coefficient (Wildman–Crippen LogP) is 14.6. The number of aromatic nitrogens is 3. The van der Waals surface area contributed by atoms with Gasteiger partial charge < -0.3 is 14.7 Å². The largest absolute Gasteiger partial charge is 0.311 e. The van der Waals surface area contributed by atoms with E-state index in [2.05, 4.69) is 239 Å². The van der Waals surface area contributed by atoms with E-state index >= 15 is 0 Å². The molecule has 8 aromatic carbocycles. The fraction of sp³-hybridized carbons (Fsp3) is 0.0357. The molecule has 0 bridgehead atoms. The summed E-state index contributed by atoms with van der Waals surface area (Å²) in [5, 5.41) is 5.30. The van der Waals surface area contributed by atoms with Gasteiger partial charge in [-0.2, -0.15) is 5.10 Å². The lowest BCUT2D eigenvalue weighted by Gasteiger charge is -2.28. The molecule has 0 N–H and O–H groups in total. The average molecular weight is 801 g/mol. The maximum atomic E-state index is 5.34. The number of anilines is 8. The van der Waals surface area contributed by atoms with Crippen LogP contribution in [0.2, 0.25) is 0 Å². The number of allylic oxidation sites excluding steroid dienone is 3. The van der Waals surface area contributed by atoms with Crippen LogP contribution in [0, 0.1) is 0 Å². The molecule has 1 aliphatic rings. The fourth-order valence-electron chi connectivity index (χ4n) is 8.12. The van der Waals surface area contributed by atoms with Crippen molar-refractivity contribution in [1.29, 1.82) is 0 Å². The SMILES string of the molecule is C1=CC(c2nc(-c3ccc(N(c4ccccc4)c4ccccc4)cc3)n(-c3ccc(N(c4ccccc4)c4ccccc4)cc3)n2)CC=C1N(c1ccccc1)c1ccccc1. The predicted molar refractivity (Wildman–Crippen MR) is 256 cm³/mol. The Morgan fingerprint density at radius 3 is 1.11 bits per heavy atom. The van der Waals surface area contributed by atoms with Crippen molar-refractivity contribution in [2.24, 2.45) is 0 Å². The zero-order chi connectivity index (χ0) is 41.5. The first-order valence-electron chi connectivity index (χ1n) is 21.0. The van der Waals surface area contributed by atoms with E-state index in [0.29, 0.717) is 0 Å². The van der Waals surface area contributed by atoms with Gasteiger partial charge in [-0.25, -0.2) is 9.67 Å². The third kappa shape index (κ3) is 7.93. The lowest BCUT2D eigenvalue weighted by molar-refractivity contribution is 0.748. The molecule has 6 heteroatoms. The molecule has 1 aromatic heterocycles. The van der Waals surface area contributed by atoms with E-state index in [4.69, 9.17) is 10.1 Å². The van der Waals surface area contributed by atoms with E-state index in [0.717, 1.165) is 80.5 Å². The van der Waals surface area contributed by atoms with E-state index in [1.54, 1.807) is 0 Å². The Bertz CT molecular complexity index is 2630. The van der Waals surface area contributed by atoms with Crippen LogP contribution < -0.4 is 14.7 Å². The molecule has 1 aliphatic carbocycles. The van der Waals surface area contributed by atoms with Crippen LogP contribution in [0.15, 0.2) is 254 Å². The summed E-state index contributed by atoms with van der Waals surface area (Å²) < 4.78 is 2.00. The summed E-state index contributed by atoms with van der Waals surface area (Å²) in [7, 11) is 0. The summed E-state index contributed by atoms with van der Waals surface area (Å²) >= 11 is 0. The van der Waals surface area contributed by atoms with Gasteiger partial charge in [0.05, 0.1) is 5.69 Å². The Morgan fingerprint density at radius 1 is 0.387 bits per heavy atom. The minimum Gasteiger partial charge on any atom is -0.311 e. The van der Waals surface area contributed by atoms with E-state index in [1.807, 2.05) is 28.9 Å². The van der Waals surface area contributed by atoms with Gasteiger partial charge in [-0.05, 0) is 134 Å². The van der Waals surface area contributed by atoms with Crippen molar-refractivity contribution in [2.45, 2.75) is 12.3 Å². The van der Waals surface area contributed by atoms with Gasteiger partial charge in [0.25, 0.3) is 0 Å². The summed E-state index contributed by atoms with van der Waals surface area (Å²) in [5.41, 5.74) is 11.7. The van der Waals surface area contributed by atoms with Crippen molar-refractivity contribution in [3.05, 3.63) is 260 Å². The summed E-state index contributed by atoms with van der Waals surface area (Å²) in [6.07, 6.45) is 7.52. The molecule has 1 unspecified atom stereocenters. The number of benzene rings is 8. The second-order valence-electron chi connectivity index (χ2n) is 15.1. The lowest BCUT2D eigenvalue weighted by Crippen LogP contribution is -2.17. The van der Waals surface area contributed by atoms with Gasteiger partial charge in [-0.15, -0.1) is 0 Å². The first-order chi connectivity index (χ1) is 30.8. The molecule has 1 atom stereocenters. The molecule has 0 spiro atoms. The zero-order valence-electron chi connectivity index (χ0n) is 34.1. The molecule has 0 aliphatic heterocycles. The second kappa shape index (κ2) is 17.6. The van der Waals surface area contributed by atoms with E-state index in [-0.39, 0.29) is 5.92 Å². The Kier molecular flexibility index (Phi) is 10.8. The monoisotopic (exact) mass is 800 g/mol. The highest BCUT2D eigenvalue weighted by Gasteiger charge is 2.24. The van der Waals surface area contributed by atoms with Crippen LogP contribution in [0.5, 0.6) is 0 Å². The summed E-state index contributed by atoms with van der Waals surface area (Å²) in [6.45, 7) is 0. The van der Waals surface area contributed by atoms with Crippen LogP contribution in [0.25, 0.3) is 17.1 Å². The summed E-state index contributed by atoms with van der Waals surface area (Å²) in [5.74, 6) is 1.55. The van der Waals surface area contributed by atoms with Gasteiger partial charge in [0.2, 0.25) is 0 Å². The molecular weight excluding hydrogens is 757 g/mol. The smallest absolute Gasteiger partial charge is 0.163 e. The minimum absolute atomic E-state index is 0.0102. The Hall–Kier alpha value is -8.22. The molecule has 0 fully saturated rings. The van der Waals surface area contributed by atoms with Gasteiger partial charge in [0, 0.05) is 62.7 Å². The molecule has 10 rings (SSSR count). The Labute approximate surface area is 363 Å². The number of rotatable bonds is 12. The van der Waals surface area contributed by atoms with Crippen molar-refractivity contribution in [3.63, 3.8) is 0 Å². The van der Waals surface area contributed by atoms with Crippen molar-refractivity contribution >= 4 is 45.5 Å². The molecule has 62 heavy (non-hydrogen) atoms. The standard InChI is InChI=1S/C56H44N6/c1-7-19-45(20-8-1)59(46-21-9-2-10-22-46)51-35-31-43(32-36-51)55-57-56(44-33-37-52(38-34-44)60(47-23-11-3-12-24-47)48-25-13-4-14-26-48)62(58-55)54-41-39-53(40-42-54)61(49-27-15-5-16-28-49)50-29-17-6-18-30-50/h1-31,33-43H,32H2. The van der Waals surface area contributed by atoms with Crippen LogP contribution in [-0.4, -0.2) is 14.8 Å². The van der Waals surface area contributed by atoms with Gasteiger partial charge >= 0.3 is 0 Å². The Morgan fingerprint density at radius 2 is 0.742 bits per heavy atom. The highest BCUT2D eigenvalue weighted by atomic mass is 15.4. The first-order valence-corrected chi connectivity index (χ1v) is 21.0. The Balaban J connectivity index is 1.02. The molecular formula is C56H44N6. The van der Waals surface area contributed by atoms with Crippen molar-refractivity contribution in [1.82, 2.24) is 14.8 Å². The molecule has 1 heterocycles. The minimum atomic E-state index is -0.0102. The molecule has 298 valence electrons. The summed E-state index contributed by atoms with van der Waals surface area (Å²) in [6, 6.07) is 80.2. The van der Waals surface area contributed by atoms with Crippen LogP contribution in [0.1, 0.15) is 18.2 Å². The topological polar surface area (TPSA) is 40.4 Å². The number of hydrogen-bond donors (Lipinski definition) is 0. The highest BCUT2D eigenvalue weighted by molar-refractivity contribution is 5.79. The van der Waals surface area contributed by atoms with Gasteiger partial charge in [-0.1, -0.05) is 121 Å². The number of hydrogen-bond acceptors (Lipinski definition) is 5. The maximum absolute atomic E-state index is 5.34. The highest BCUT2D eigenvalue weighted by Crippen LogP contribution is 2.39. The second-order valence-corrected chi connectivity index (χ2v) is 15.1. The normalized spacial score (nSPS) is 13.3. The quantitative estimate of drug-likeness (QED) is 0.123. The molecule has 0 amide bonds. The van der Waals surface area contributed by atoms with E-state index in [9.17, 15) is 0 Å². The van der Waals surface area contributed by atoms with Gasteiger partial charge in [0.1, 0.15) is 0 Å². The van der Waals surface area contributed by atoms with Crippen LogP contribution in [0.3, 0.4) is 0 Å². The van der Waals surface area contributed by atoms with Crippen molar-refractivity contribution in [2.75, 3.05) is 14.7 Å². The first kappa shape index (κ1) is 38.0. The third-order valence-corrected chi connectivity index (χ3v) is 11.1. The van der Waals surface area contributed by atoms with Crippen LogP contribution in [0.4, 0.5) is 45.5 Å². The number of nitrogens with zero attached hydrogens (tertiary/aromatic N) is 6. The third-order valence-electron chi connectivity index (χ3n) is 11.1. The fourth-order valence-corrected chi connectivity index (χ4v) is 8.12. The molecule has 0 radical (unpaired) electrons. The van der Waals surface area contributed by atoms with Gasteiger partial charge in [-0.3, -0.25) is 0 Å². The van der Waals surface area contributed by atoms with Crippen molar-refractivity contribution in [3.8, 4) is 17.1 Å². The van der Waals surface area contributed by atoms with E-state index in [1.165, 1.54) is 0 Å². The van der Waals surface area contributed by atoms with Crippen LogP contribution >= 0.6 is 0 Å². The molecule has 0 saturated heterocycles. The number of para-hydroxylation sites is 6. The average Bonchev–Trinajstić information content (AvgIpc) is 3.80. The van der Waals surface area contributed by atoms with Crippen LogP contribution in [-0.2, 0) is 0 Å². The zero-order valence-corrected chi connectivity index (χ0v) is 34.1. The van der Waals surface area contributed by atoms with E-state index < -0.39 is 0 Å². The van der Waals surface area contributed by atoms with Crippen molar-refractivity contribution < 1.29 is 0 Å². The molecule has 6 nitrogen and oxygen atoms in total. The van der Waals surface area contributed by atoms with Gasteiger partial charge in [0.15, 0.2) is 11.6 Å². The molecule has 0 saturated carbocycles. The molecule has 9 aromatic rings. The lowest BCUT2D eigenvalue weighted by atomic mass is 9.97. The maximum Gasteiger partial charge on any atom is 0.163 e.